The van der Waals surface area contributed by atoms with Crippen molar-refractivity contribution in [2.24, 2.45) is 0 Å². The van der Waals surface area contributed by atoms with Crippen LogP contribution in [0, 0.1) is 13.8 Å². The Balaban J connectivity index is 2.37. The van der Waals surface area contributed by atoms with Gasteiger partial charge in [-0.2, -0.15) is 0 Å². The van der Waals surface area contributed by atoms with Crippen LogP contribution in [0.4, 0.5) is 0 Å². The second kappa shape index (κ2) is 6.45. The standard InChI is InChI=1S/C20H24O3/c1-13-9-14(2)11-15(10-13)19(21)23-18-8-7-16(22-6)12-17(18)20(3,4)5/h7-12H,1-6H3. The zero-order valence-corrected chi connectivity index (χ0v) is 14.7. The molecule has 0 fully saturated rings. The monoisotopic (exact) mass is 312 g/mol. The molecule has 122 valence electrons. The van der Waals surface area contributed by atoms with Crippen LogP contribution < -0.4 is 9.47 Å². The lowest BCUT2D eigenvalue weighted by Gasteiger charge is -2.23. The average Bonchev–Trinajstić information content (AvgIpc) is 2.45. The van der Waals surface area contributed by atoms with E-state index in [0.29, 0.717) is 11.3 Å². The molecule has 23 heavy (non-hydrogen) atoms. The molecule has 0 amide bonds. The van der Waals surface area contributed by atoms with Crippen molar-refractivity contribution in [3.63, 3.8) is 0 Å². The van der Waals surface area contributed by atoms with Crippen molar-refractivity contribution in [1.29, 1.82) is 0 Å². The lowest BCUT2D eigenvalue weighted by Crippen LogP contribution is -2.16. The quantitative estimate of drug-likeness (QED) is 0.601. The van der Waals surface area contributed by atoms with Gasteiger partial charge >= 0.3 is 5.97 Å². The first-order valence-electron chi connectivity index (χ1n) is 7.69. The molecule has 0 aliphatic rings. The molecule has 0 radical (unpaired) electrons. The minimum Gasteiger partial charge on any atom is -0.497 e. The zero-order chi connectivity index (χ0) is 17.2. The predicted octanol–water partition coefficient (Wildman–Crippen LogP) is 4.83. The minimum atomic E-state index is -0.340. The van der Waals surface area contributed by atoms with Gasteiger partial charge in [0.2, 0.25) is 0 Å². The summed E-state index contributed by atoms with van der Waals surface area (Å²) in [5.74, 6) is 0.982. The molecule has 3 nitrogen and oxygen atoms in total. The van der Waals surface area contributed by atoms with Gasteiger partial charge in [0.05, 0.1) is 12.7 Å². The highest BCUT2D eigenvalue weighted by molar-refractivity contribution is 5.91. The molecule has 0 atom stereocenters. The predicted molar refractivity (Wildman–Crippen MR) is 92.6 cm³/mol. The van der Waals surface area contributed by atoms with E-state index in [2.05, 4.69) is 20.8 Å². The summed E-state index contributed by atoms with van der Waals surface area (Å²) >= 11 is 0. The van der Waals surface area contributed by atoms with Gasteiger partial charge in [0.15, 0.2) is 0 Å². The smallest absolute Gasteiger partial charge is 0.343 e. The fraction of sp³-hybridized carbons (Fsp3) is 0.350. The molecule has 0 unspecified atom stereocenters. The summed E-state index contributed by atoms with van der Waals surface area (Å²) in [5.41, 5.74) is 3.44. The summed E-state index contributed by atoms with van der Waals surface area (Å²) in [4.78, 5) is 12.5. The summed E-state index contributed by atoms with van der Waals surface area (Å²) in [7, 11) is 1.63. The van der Waals surface area contributed by atoms with E-state index in [0.717, 1.165) is 22.4 Å². The summed E-state index contributed by atoms with van der Waals surface area (Å²) < 4.78 is 11.0. The molecular weight excluding hydrogens is 288 g/mol. The molecule has 0 bridgehead atoms. The topological polar surface area (TPSA) is 35.5 Å². The molecule has 0 heterocycles. The Morgan fingerprint density at radius 2 is 1.57 bits per heavy atom. The van der Waals surface area contributed by atoms with Gasteiger partial charge in [0.1, 0.15) is 11.5 Å². The first kappa shape index (κ1) is 17.1. The van der Waals surface area contributed by atoms with Crippen LogP contribution in [0.5, 0.6) is 11.5 Å². The van der Waals surface area contributed by atoms with Crippen LogP contribution in [-0.4, -0.2) is 13.1 Å². The van der Waals surface area contributed by atoms with Crippen molar-refractivity contribution in [2.45, 2.75) is 40.0 Å². The van der Waals surface area contributed by atoms with Crippen LogP contribution in [-0.2, 0) is 5.41 Å². The number of methoxy groups -OCH3 is 1. The van der Waals surface area contributed by atoms with Crippen LogP contribution in [0.2, 0.25) is 0 Å². The number of aryl methyl sites for hydroxylation is 2. The molecule has 0 saturated carbocycles. The van der Waals surface area contributed by atoms with Crippen molar-refractivity contribution in [1.82, 2.24) is 0 Å². The molecule has 2 aromatic carbocycles. The van der Waals surface area contributed by atoms with Gasteiger partial charge in [0.25, 0.3) is 0 Å². The van der Waals surface area contributed by atoms with Gasteiger partial charge < -0.3 is 9.47 Å². The maximum absolute atomic E-state index is 12.5. The van der Waals surface area contributed by atoms with E-state index in [9.17, 15) is 4.79 Å². The summed E-state index contributed by atoms with van der Waals surface area (Å²) in [5, 5.41) is 0. The summed E-state index contributed by atoms with van der Waals surface area (Å²) in [6.45, 7) is 10.2. The number of benzene rings is 2. The number of carbonyl (C=O) groups excluding carboxylic acids is 1. The van der Waals surface area contributed by atoms with Crippen LogP contribution >= 0.6 is 0 Å². The number of esters is 1. The average molecular weight is 312 g/mol. The normalized spacial score (nSPS) is 11.2. The first-order valence-corrected chi connectivity index (χ1v) is 7.69. The number of rotatable bonds is 3. The van der Waals surface area contributed by atoms with Crippen molar-refractivity contribution < 1.29 is 14.3 Å². The maximum Gasteiger partial charge on any atom is 0.343 e. The van der Waals surface area contributed by atoms with Crippen LogP contribution in [0.15, 0.2) is 36.4 Å². The summed E-state index contributed by atoms with van der Waals surface area (Å²) in [6.07, 6.45) is 0. The highest BCUT2D eigenvalue weighted by Crippen LogP contribution is 2.34. The Labute approximate surface area is 138 Å². The summed E-state index contributed by atoms with van der Waals surface area (Å²) in [6, 6.07) is 11.2. The van der Waals surface area contributed by atoms with Crippen molar-refractivity contribution in [3.05, 3.63) is 58.7 Å². The molecule has 2 rings (SSSR count). The maximum atomic E-state index is 12.5. The van der Waals surface area contributed by atoms with E-state index in [1.54, 1.807) is 19.2 Å². The number of hydrogen-bond acceptors (Lipinski definition) is 3. The van der Waals surface area contributed by atoms with Gasteiger partial charge in [-0.05, 0) is 49.6 Å². The van der Waals surface area contributed by atoms with Crippen LogP contribution in [0.25, 0.3) is 0 Å². The van der Waals surface area contributed by atoms with E-state index >= 15 is 0 Å². The molecule has 0 aromatic heterocycles. The van der Waals surface area contributed by atoms with Crippen LogP contribution in [0.3, 0.4) is 0 Å². The third-order valence-electron chi connectivity index (χ3n) is 3.65. The van der Waals surface area contributed by atoms with Gasteiger partial charge in [-0.25, -0.2) is 4.79 Å². The second-order valence-electron chi connectivity index (χ2n) is 6.88. The van der Waals surface area contributed by atoms with E-state index in [4.69, 9.17) is 9.47 Å². The number of ether oxygens (including phenoxy) is 2. The molecule has 0 spiro atoms. The zero-order valence-electron chi connectivity index (χ0n) is 14.7. The highest BCUT2D eigenvalue weighted by Gasteiger charge is 2.22. The lowest BCUT2D eigenvalue weighted by molar-refractivity contribution is 0.0731. The molecule has 3 heteroatoms. The third kappa shape index (κ3) is 4.13. The van der Waals surface area contributed by atoms with Gasteiger partial charge in [-0.15, -0.1) is 0 Å². The van der Waals surface area contributed by atoms with Crippen molar-refractivity contribution >= 4 is 5.97 Å². The second-order valence-corrected chi connectivity index (χ2v) is 6.88. The van der Waals surface area contributed by atoms with Gasteiger partial charge in [-0.3, -0.25) is 0 Å². The van der Waals surface area contributed by atoms with E-state index < -0.39 is 0 Å². The molecule has 0 aliphatic heterocycles. The number of carbonyl (C=O) groups is 1. The highest BCUT2D eigenvalue weighted by atomic mass is 16.5. The Morgan fingerprint density at radius 1 is 0.957 bits per heavy atom. The fourth-order valence-corrected chi connectivity index (χ4v) is 2.56. The van der Waals surface area contributed by atoms with Crippen molar-refractivity contribution in [3.8, 4) is 11.5 Å². The lowest BCUT2D eigenvalue weighted by atomic mass is 9.86. The molecule has 0 N–H and O–H groups in total. The van der Waals surface area contributed by atoms with Gasteiger partial charge in [-0.1, -0.05) is 38.0 Å². The van der Waals surface area contributed by atoms with Crippen molar-refractivity contribution in [2.75, 3.05) is 7.11 Å². The molecule has 2 aromatic rings. The molecule has 0 saturated heterocycles. The van der Waals surface area contributed by atoms with E-state index in [1.807, 2.05) is 38.1 Å². The Hall–Kier alpha value is -2.29. The molecule has 0 aliphatic carbocycles. The number of hydrogen-bond donors (Lipinski definition) is 0. The Kier molecular flexibility index (Phi) is 4.79. The van der Waals surface area contributed by atoms with Crippen LogP contribution in [0.1, 0.15) is 47.8 Å². The first-order chi connectivity index (χ1) is 10.7. The third-order valence-corrected chi connectivity index (χ3v) is 3.65. The van der Waals surface area contributed by atoms with E-state index in [1.165, 1.54) is 0 Å². The van der Waals surface area contributed by atoms with E-state index in [-0.39, 0.29) is 11.4 Å². The van der Waals surface area contributed by atoms with Gasteiger partial charge in [0, 0.05) is 5.56 Å². The Morgan fingerprint density at radius 3 is 2.09 bits per heavy atom. The SMILES string of the molecule is COc1ccc(OC(=O)c2cc(C)cc(C)c2)c(C(C)(C)C)c1. The largest absolute Gasteiger partial charge is 0.497 e. The minimum absolute atomic E-state index is 0.160. The molecular formula is C20H24O3. The Bertz CT molecular complexity index is 704. The fourth-order valence-electron chi connectivity index (χ4n) is 2.56.